The lowest BCUT2D eigenvalue weighted by molar-refractivity contribution is 0.159. The summed E-state index contributed by atoms with van der Waals surface area (Å²) in [5, 5.41) is 0. The summed E-state index contributed by atoms with van der Waals surface area (Å²) < 4.78 is 0. The van der Waals surface area contributed by atoms with Crippen LogP contribution in [0.2, 0.25) is 0 Å². The molecule has 0 saturated carbocycles. The second-order valence-corrected chi connectivity index (χ2v) is 9.48. The largest absolute Gasteiger partial charge is 0.359 e. The molecule has 172 valence electrons. The van der Waals surface area contributed by atoms with Crippen molar-refractivity contribution >= 4 is 0 Å². The van der Waals surface area contributed by atoms with E-state index in [-0.39, 0.29) is 0 Å². The first kappa shape index (κ1) is 26.4. The fraction of sp³-hybridized carbons (Fsp3) is 0.926. The summed E-state index contributed by atoms with van der Waals surface area (Å²) in [5.74, 6) is 0. The van der Waals surface area contributed by atoms with E-state index in [1.807, 2.05) is 0 Å². The molecule has 2 heteroatoms. The van der Waals surface area contributed by atoms with Crippen LogP contribution in [-0.2, 0) is 0 Å². The van der Waals surface area contributed by atoms with Crippen LogP contribution in [-0.4, -0.2) is 29.6 Å². The fourth-order valence-corrected chi connectivity index (χ4v) is 4.64. The van der Waals surface area contributed by atoms with Crippen molar-refractivity contribution in [3.05, 3.63) is 12.4 Å². The van der Waals surface area contributed by atoms with E-state index in [0.717, 1.165) is 0 Å². The van der Waals surface area contributed by atoms with Gasteiger partial charge in [0.2, 0.25) is 0 Å². The lowest BCUT2D eigenvalue weighted by atomic mass is 10.0. The summed E-state index contributed by atoms with van der Waals surface area (Å²) in [6.07, 6.45) is 33.7. The molecule has 1 rings (SSSR count). The van der Waals surface area contributed by atoms with Crippen LogP contribution in [0.5, 0.6) is 0 Å². The molecule has 0 saturated heterocycles. The van der Waals surface area contributed by atoms with Gasteiger partial charge in [-0.2, -0.15) is 0 Å². The van der Waals surface area contributed by atoms with Gasteiger partial charge in [-0.15, -0.1) is 0 Å². The van der Waals surface area contributed by atoms with Crippen LogP contribution in [0.15, 0.2) is 12.4 Å². The van der Waals surface area contributed by atoms with Gasteiger partial charge in [0.15, 0.2) is 0 Å². The molecule has 1 unspecified atom stereocenters. The van der Waals surface area contributed by atoms with Gasteiger partial charge in [-0.1, -0.05) is 123 Å². The second kappa shape index (κ2) is 19.3. The first-order valence-electron chi connectivity index (χ1n) is 13.5. The van der Waals surface area contributed by atoms with Crippen molar-refractivity contribution in [2.24, 2.45) is 0 Å². The summed E-state index contributed by atoms with van der Waals surface area (Å²) in [4.78, 5) is 5.03. The number of rotatable bonds is 21. The third-order valence-corrected chi connectivity index (χ3v) is 6.68. The first-order valence-corrected chi connectivity index (χ1v) is 13.5. The van der Waals surface area contributed by atoms with Crippen LogP contribution < -0.4 is 0 Å². The van der Waals surface area contributed by atoms with Crippen LogP contribution >= 0.6 is 0 Å². The smallest absolute Gasteiger partial charge is 0.100 e. The fourth-order valence-electron chi connectivity index (χ4n) is 4.64. The summed E-state index contributed by atoms with van der Waals surface area (Å²) in [6, 6.07) is 0. The van der Waals surface area contributed by atoms with E-state index in [4.69, 9.17) is 0 Å². The highest BCUT2D eigenvalue weighted by Crippen LogP contribution is 2.21. The zero-order valence-electron chi connectivity index (χ0n) is 20.5. The molecule has 2 nitrogen and oxygen atoms in total. The Morgan fingerprint density at radius 1 is 0.517 bits per heavy atom. The van der Waals surface area contributed by atoms with Gasteiger partial charge < -0.3 is 9.80 Å². The van der Waals surface area contributed by atoms with Gasteiger partial charge in [0, 0.05) is 26.0 Å². The zero-order valence-corrected chi connectivity index (χ0v) is 20.5. The summed E-state index contributed by atoms with van der Waals surface area (Å²) in [6.45, 7) is 5.85. The molecule has 1 aliphatic heterocycles. The van der Waals surface area contributed by atoms with E-state index < -0.39 is 0 Å². The molecule has 1 atom stereocenters. The number of hydrogen-bond acceptors (Lipinski definition) is 2. The summed E-state index contributed by atoms with van der Waals surface area (Å²) >= 11 is 0. The Hall–Kier alpha value is -0.660. The van der Waals surface area contributed by atoms with Crippen LogP contribution in [0.4, 0.5) is 0 Å². The maximum atomic E-state index is 2.60. The van der Waals surface area contributed by atoms with Gasteiger partial charge in [0.05, 0.1) is 0 Å². The molecular formula is C27H54N2. The molecule has 0 aromatic carbocycles. The molecule has 0 aromatic heterocycles. The number of nitrogens with zero attached hydrogens (tertiary/aromatic N) is 2. The van der Waals surface area contributed by atoms with Gasteiger partial charge in [-0.05, 0) is 19.3 Å². The Morgan fingerprint density at radius 3 is 1.41 bits per heavy atom. The minimum atomic E-state index is 0.623. The SMILES string of the molecule is CCCCCCCCCCCCCCN1C=CN(C)C1CCCCCCCCC. The molecule has 0 aliphatic carbocycles. The lowest BCUT2D eigenvalue weighted by Crippen LogP contribution is -2.37. The van der Waals surface area contributed by atoms with E-state index in [1.165, 1.54) is 135 Å². The van der Waals surface area contributed by atoms with Crippen LogP contribution in [0.1, 0.15) is 142 Å². The highest BCUT2D eigenvalue weighted by Gasteiger charge is 2.22. The zero-order chi connectivity index (χ0) is 21.0. The maximum Gasteiger partial charge on any atom is 0.100 e. The highest BCUT2D eigenvalue weighted by molar-refractivity contribution is 4.95. The molecule has 29 heavy (non-hydrogen) atoms. The molecule has 0 aromatic rings. The minimum absolute atomic E-state index is 0.623. The van der Waals surface area contributed by atoms with Crippen LogP contribution in [0, 0.1) is 0 Å². The summed E-state index contributed by atoms with van der Waals surface area (Å²) in [5.41, 5.74) is 0. The molecule has 0 radical (unpaired) electrons. The molecule has 0 amide bonds. The molecule has 0 bridgehead atoms. The van der Waals surface area contributed by atoms with Crippen molar-refractivity contribution in [3.8, 4) is 0 Å². The second-order valence-electron chi connectivity index (χ2n) is 9.48. The van der Waals surface area contributed by atoms with Crippen molar-refractivity contribution in [1.29, 1.82) is 0 Å². The van der Waals surface area contributed by atoms with E-state index in [1.54, 1.807) is 0 Å². The molecule has 1 aliphatic rings. The number of hydrogen-bond donors (Lipinski definition) is 0. The molecule has 0 spiro atoms. The van der Waals surface area contributed by atoms with Crippen molar-refractivity contribution < 1.29 is 0 Å². The topological polar surface area (TPSA) is 6.48 Å². The van der Waals surface area contributed by atoms with E-state index >= 15 is 0 Å². The van der Waals surface area contributed by atoms with Gasteiger partial charge in [-0.25, -0.2) is 0 Å². The van der Waals surface area contributed by atoms with E-state index in [0.29, 0.717) is 6.17 Å². The predicted octanol–water partition coefficient (Wildman–Crippen LogP) is 8.87. The normalized spacial score (nSPS) is 16.3. The van der Waals surface area contributed by atoms with Crippen molar-refractivity contribution in [3.63, 3.8) is 0 Å². The van der Waals surface area contributed by atoms with Gasteiger partial charge >= 0.3 is 0 Å². The van der Waals surface area contributed by atoms with E-state index in [2.05, 4.69) is 43.1 Å². The Kier molecular flexibility index (Phi) is 17.6. The molecule has 1 heterocycles. The lowest BCUT2D eigenvalue weighted by Gasteiger charge is -2.30. The Balaban J connectivity index is 1.95. The average molecular weight is 407 g/mol. The first-order chi connectivity index (χ1) is 14.3. The molecule has 0 N–H and O–H groups in total. The maximum absolute atomic E-state index is 2.60. The Labute approximate surface area is 184 Å². The van der Waals surface area contributed by atoms with Crippen LogP contribution in [0.3, 0.4) is 0 Å². The Morgan fingerprint density at radius 2 is 0.931 bits per heavy atom. The predicted molar refractivity (Wildman–Crippen MR) is 131 cm³/mol. The average Bonchev–Trinajstić information content (AvgIpc) is 3.07. The minimum Gasteiger partial charge on any atom is -0.359 e. The van der Waals surface area contributed by atoms with Crippen LogP contribution in [0.25, 0.3) is 0 Å². The standard InChI is InChI=1S/C27H54N2/c1-4-6-8-10-12-13-14-15-16-18-20-22-24-29-26-25-28(3)27(29)23-21-19-17-11-9-7-5-2/h25-27H,4-24H2,1-3H3. The van der Waals surface area contributed by atoms with Crippen molar-refractivity contribution in [1.82, 2.24) is 9.80 Å². The van der Waals surface area contributed by atoms with E-state index in [9.17, 15) is 0 Å². The molecular weight excluding hydrogens is 352 g/mol. The number of unbranched alkanes of at least 4 members (excludes halogenated alkanes) is 17. The van der Waals surface area contributed by atoms with Gasteiger partial charge in [-0.3, -0.25) is 0 Å². The van der Waals surface area contributed by atoms with Gasteiger partial charge in [0.25, 0.3) is 0 Å². The van der Waals surface area contributed by atoms with Crippen molar-refractivity contribution in [2.75, 3.05) is 13.6 Å². The molecule has 0 fully saturated rings. The quantitative estimate of drug-likeness (QED) is 0.176. The Bertz CT molecular complexity index is 366. The third-order valence-electron chi connectivity index (χ3n) is 6.68. The monoisotopic (exact) mass is 406 g/mol. The summed E-state index contributed by atoms with van der Waals surface area (Å²) in [7, 11) is 2.25. The van der Waals surface area contributed by atoms with Gasteiger partial charge in [0.1, 0.15) is 6.17 Å². The highest BCUT2D eigenvalue weighted by atomic mass is 15.4. The van der Waals surface area contributed by atoms with Crippen molar-refractivity contribution in [2.45, 2.75) is 148 Å². The third kappa shape index (κ3) is 14.1.